The number of rotatable bonds is 5. The first-order valence-corrected chi connectivity index (χ1v) is 11.1. The maximum atomic E-state index is 14.0. The first-order chi connectivity index (χ1) is 15.0. The number of ether oxygens (including phenoxy) is 1. The van der Waals surface area contributed by atoms with E-state index in [1.165, 1.54) is 29.5 Å². The summed E-state index contributed by atoms with van der Waals surface area (Å²) in [5.74, 6) is -0.525. The van der Waals surface area contributed by atoms with Crippen molar-refractivity contribution in [2.45, 2.75) is 25.0 Å². The van der Waals surface area contributed by atoms with Crippen molar-refractivity contribution in [2.24, 2.45) is 0 Å². The molecule has 1 saturated heterocycles. The van der Waals surface area contributed by atoms with Crippen molar-refractivity contribution in [2.75, 3.05) is 19.1 Å². The third-order valence-corrected chi connectivity index (χ3v) is 6.71. The lowest BCUT2D eigenvalue weighted by Crippen LogP contribution is -2.27. The number of hydrogen-bond acceptors (Lipinski definition) is 6. The zero-order valence-electron chi connectivity index (χ0n) is 16.7. The van der Waals surface area contributed by atoms with Gasteiger partial charge in [-0.3, -0.25) is 9.78 Å². The highest BCUT2D eigenvalue weighted by Gasteiger charge is 2.30. The molecule has 2 aliphatic rings. The lowest BCUT2D eigenvalue weighted by atomic mass is 10.1. The first-order valence-electron chi connectivity index (χ1n) is 9.94. The lowest BCUT2D eigenvalue weighted by molar-refractivity contribution is 0.0917. The summed E-state index contributed by atoms with van der Waals surface area (Å²) >= 11 is 7.38. The number of pyridine rings is 1. The Morgan fingerprint density at radius 2 is 2.19 bits per heavy atom. The Balaban J connectivity index is 1.44. The molecule has 1 amide bonds. The highest BCUT2D eigenvalue weighted by Crippen LogP contribution is 2.45. The molecular formula is C22H20ClFN4O2S. The summed E-state index contributed by atoms with van der Waals surface area (Å²) in [6, 6.07) is 10.0. The van der Waals surface area contributed by atoms with Crippen LogP contribution in [0.25, 0.3) is 10.4 Å². The van der Waals surface area contributed by atoms with Gasteiger partial charge in [0.2, 0.25) is 0 Å². The fraction of sp³-hybridized carbons (Fsp3) is 0.273. The SMILES string of the molecule is CN1COC(c2cnc(C3CC3)c(-c3ccc(C(=O)Nc4c(F)cccc4Cl)s3)c2)N1. The number of para-hydroxylation sites is 1. The fourth-order valence-corrected chi connectivity index (χ4v) is 4.68. The Labute approximate surface area is 188 Å². The summed E-state index contributed by atoms with van der Waals surface area (Å²) < 4.78 is 19.8. The van der Waals surface area contributed by atoms with E-state index in [1.54, 1.807) is 6.07 Å². The number of carbonyl (C=O) groups is 1. The van der Waals surface area contributed by atoms with E-state index < -0.39 is 11.7 Å². The molecule has 3 heterocycles. The highest BCUT2D eigenvalue weighted by atomic mass is 35.5. The number of anilines is 1. The third kappa shape index (κ3) is 4.22. The molecule has 2 aromatic heterocycles. The molecule has 1 saturated carbocycles. The van der Waals surface area contributed by atoms with Crippen molar-refractivity contribution in [3.8, 4) is 10.4 Å². The van der Waals surface area contributed by atoms with Gasteiger partial charge in [0, 0.05) is 35.2 Å². The summed E-state index contributed by atoms with van der Waals surface area (Å²) in [4.78, 5) is 18.9. The van der Waals surface area contributed by atoms with Crippen LogP contribution in [-0.2, 0) is 4.74 Å². The van der Waals surface area contributed by atoms with Gasteiger partial charge < -0.3 is 10.1 Å². The smallest absolute Gasteiger partial charge is 0.265 e. The summed E-state index contributed by atoms with van der Waals surface area (Å²) in [5, 5.41) is 4.62. The molecule has 3 aromatic rings. The van der Waals surface area contributed by atoms with E-state index in [4.69, 9.17) is 21.3 Å². The second kappa shape index (κ2) is 8.29. The number of thiophene rings is 1. The zero-order valence-corrected chi connectivity index (χ0v) is 18.3. The molecule has 1 aliphatic heterocycles. The van der Waals surface area contributed by atoms with Crippen molar-refractivity contribution in [1.82, 2.24) is 15.4 Å². The molecule has 1 aromatic carbocycles. The van der Waals surface area contributed by atoms with Gasteiger partial charge in [-0.05, 0) is 43.2 Å². The van der Waals surface area contributed by atoms with Crippen LogP contribution in [0.1, 0.15) is 45.9 Å². The Morgan fingerprint density at radius 1 is 1.35 bits per heavy atom. The molecule has 1 aliphatic carbocycles. The van der Waals surface area contributed by atoms with Crippen molar-refractivity contribution >= 4 is 34.5 Å². The quantitative estimate of drug-likeness (QED) is 0.553. The minimum absolute atomic E-state index is 0.0139. The van der Waals surface area contributed by atoms with Crippen molar-refractivity contribution in [3.63, 3.8) is 0 Å². The van der Waals surface area contributed by atoms with E-state index in [0.29, 0.717) is 17.5 Å². The lowest BCUT2D eigenvalue weighted by Gasteiger charge is -2.14. The monoisotopic (exact) mass is 458 g/mol. The number of nitrogens with one attached hydrogen (secondary N) is 2. The molecule has 6 nitrogen and oxygen atoms in total. The van der Waals surface area contributed by atoms with E-state index in [1.807, 2.05) is 24.3 Å². The van der Waals surface area contributed by atoms with Crippen molar-refractivity contribution < 1.29 is 13.9 Å². The molecule has 0 spiro atoms. The summed E-state index contributed by atoms with van der Waals surface area (Å²) in [5.41, 5.74) is 6.20. The molecule has 160 valence electrons. The number of amides is 1. The molecule has 1 atom stereocenters. The van der Waals surface area contributed by atoms with Gasteiger partial charge in [-0.1, -0.05) is 17.7 Å². The average molecular weight is 459 g/mol. The normalized spacial score (nSPS) is 19.0. The van der Waals surface area contributed by atoms with Gasteiger partial charge in [0.25, 0.3) is 5.91 Å². The van der Waals surface area contributed by atoms with Crippen LogP contribution < -0.4 is 10.7 Å². The van der Waals surface area contributed by atoms with Gasteiger partial charge >= 0.3 is 0 Å². The number of nitrogens with zero attached hydrogens (tertiary/aromatic N) is 2. The summed E-state index contributed by atoms with van der Waals surface area (Å²) in [6.45, 7) is 0.492. The minimum atomic E-state index is -0.570. The molecule has 2 fully saturated rings. The van der Waals surface area contributed by atoms with Crippen LogP contribution in [0.4, 0.5) is 10.1 Å². The van der Waals surface area contributed by atoms with Gasteiger partial charge in [0.05, 0.1) is 21.3 Å². The van der Waals surface area contributed by atoms with E-state index >= 15 is 0 Å². The topological polar surface area (TPSA) is 66.5 Å². The van der Waals surface area contributed by atoms with Crippen LogP contribution in [-0.4, -0.2) is 29.7 Å². The second-order valence-corrected chi connectivity index (χ2v) is 9.18. The van der Waals surface area contributed by atoms with Crippen molar-refractivity contribution in [1.29, 1.82) is 0 Å². The van der Waals surface area contributed by atoms with Gasteiger partial charge in [-0.2, -0.15) is 0 Å². The first kappa shape index (κ1) is 20.5. The van der Waals surface area contributed by atoms with Crippen LogP contribution >= 0.6 is 22.9 Å². The molecule has 0 radical (unpaired) electrons. The van der Waals surface area contributed by atoms with Gasteiger partial charge in [0.15, 0.2) is 0 Å². The summed E-state index contributed by atoms with van der Waals surface area (Å²) in [6.07, 6.45) is 3.83. The Kier molecular flexibility index (Phi) is 5.49. The number of hydrazine groups is 1. The maximum Gasteiger partial charge on any atom is 0.265 e. The van der Waals surface area contributed by atoms with E-state index in [2.05, 4.69) is 16.8 Å². The molecule has 5 rings (SSSR count). The third-order valence-electron chi connectivity index (χ3n) is 5.28. The van der Waals surface area contributed by atoms with Gasteiger partial charge in [-0.25, -0.2) is 14.8 Å². The Morgan fingerprint density at radius 3 is 2.90 bits per heavy atom. The number of carbonyl (C=O) groups excluding carboxylic acids is 1. The van der Waals surface area contributed by atoms with Gasteiger partial charge in [-0.15, -0.1) is 11.3 Å². The van der Waals surface area contributed by atoms with E-state index in [9.17, 15) is 9.18 Å². The molecule has 0 bridgehead atoms. The number of benzene rings is 1. The largest absolute Gasteiger partial charge is 0.341 e. The predicted molar refractivity (Wildman–Crippen MR) is 118 cm³/mol. The maximum absolute atomic E-state index is 14.0. The Bertz CT molecular complexity index is 1130. The fourth-order valence-electron chi connectivity index (χ4n) is 3.54. The van der Waals surface area contributed by atoms with Crippen LogP contribution in [0.3, 0.4) is 0 Å². The van der Waals surface area contributed by atoms with Crippen LogP contribution in [0.15, 0.2) is 42.6 Å². The molecular weight excluding hydrogens is 439 g/mol. The zero-order chi connectivity index (χ0) is 21.5. The standard InChI is InChI=1S/C22H20ClFN4O2S/c1-28-11-30-22(27-28)13-9-14(19(25-10-13)12-5-6-12)17-7-8-18(31-17)21(29)26-20-15(23)3-2-4-16(20)24/h2-4,7-10,12,22,27H,5-6,11H2,1H3,(H,26,29). The number of aromatic nitrogens is 1. The van der Waals surface area contributed by atoms with Crippen molar-refractivity contribution in [3.05, 3.63) is 69.6 Å². The molecule has 9 heteroatoms. The number of halogens is 2. The van der Waals surface area contributed by atoms with E-state index in [-0.39, 0.29) is 16.9 Å². The molecule has 1 unspecified atom stereocenters. The number of hydrogen-bond donors (Lipinski definition) is 2. The van der Waals surface area contributed by atoms with E-state index in [0.717, 1.165) is 34.5 Å². The second-order valence-electron chi connectivity index (χ2n) is 7.69. The average Bonchev–Trinajstić information content (AvgIpc) is 3.31. The van der Waals surface area contributed by atoms with Crippen LogP contribution in [0, 0.1) is 5.82 Å². The summed E-state index contributed by atoms with van der Waals surface area (Å²) in [7, 11) is 1.92. The molecule has 31 heavy (non-hydrogen) atoms. The Hall–Kier alpha value is -2.36. The minimum Gasteiger partial charge on any atom is -0.341 e. The van der Waals surface area contributed by atoms with Crippen LogP contribution in [0.2, 0.25) is 5.02 Å². The molecule has 2 N–H and O–H groups in total. The predicted octanol–water partition coefficient (Wildman–Crippen LogP) is 5.16. The highest BCUT2D eigenvalue weighted by molar-refractivity contribution is 7.17. The van der Waals surface area contributed by atoms with Gasteiger partial charge in [0.1, 0.15) is 18.8 Å². The van der Waals surface area contributed by atoms with Crippen LogP contribution in [0.5, 0.6) is 0 Å².